The minimum atomic E-state index is 0.124. The molecule has 3 aromatic rings. The summed E-state index contributed by atoms with van der Waals surface area (Å²) >= 11 is 1.70. The maximum Gasteiger partial charge on any atom is 0.141 e. The number of hydrogen-bond donors (Lipinski definition) is 1. The lowest BCUT2D eigenvalue weighted by Crippen LogP contribution is -2.51. The second-order valence-corrected chi connectivity index (χ2v) is 10.6. The third-order valence-electron chi connectivity index (χ3n) is 7.87. The Hall–Kier alpha value is -2.18. The van der Waals surface area contributed by atoms with Gasteiger partial charge in [-0.05, 0) is 63.4 Å². The van der Waals surface area contributed by atoms with Crippen LogP contribution < -0.4 is 15.4 Å². The van der Waals surface area contributed by atoms with Crippen LogP contribution in [0.1, 0.15) is 51.4 Å². The molecular weight excluding hydrogens is 404 g/mol. The number of piperidine rings is 1. The molecule has 0 spiro atoms. The third kappa shape index (κ3) is 3.23. The average molecular weight is 435 g/mol. The van der Waals surface area contributed by atoms with Gasteiger partial charge >= 0.3 is 0 Å². The van der Waals surface area contributed by atoms with Crippen LogP contribution in [0.3, 0.4) is 0 Å². The number of para-hydroxylation sites is 1. The molecule has 6 heteroatoms. The average Bonchev–Trinajstić information content (AvgIpc) is 3.31. The lowest BCUT2D eigenvalue weighted by atomic mass is 9.70. The van der Waals surface area contributed by atoms with E-state index in [1.54, 1.807) is 24.8 Å². The molecule has 0 radical (unpaired) electrons. The highest BCUT2D eigenvalue weighted by atomic mass is 32.1. The molecule has 3 aliphatic rings. The molecule has 2 aromatic heterocycles. The number of hydrogen-bond acceptors (Lipinski definition) is 6. The Morgan fingerprint density at radius 2 is 1.90 bits per heavy atom. The molecule has 1 aromatic carbocycles. The minimum Gasteiger partial charge on any atom is -0.496 e. The zero-order valence-electron chi connectivity index (χ0n) is 18.1. The highest BCUT2D eigenvalue weighted by molar-refractivity contribution is 7.17. The number of aromatic nitrogens is 2. The number of thiophene rings is 1. The molecular formula is C25H30N4OS. The Balaban J connectivity index is 1.37. The summed E-state index contributed by atoms with van der Waals surface area (Å²) in [6.07, 6.45) is 11.7. The van der Waals surface area contributed by atoms with Gasteiger partial charge in [-0.25, -0.2) is 9.97 Å². The summed E-state index contributed by atoms with van der Waals surface area (Å²) in [7, 11) is 1.74. The van der Waals surface area contributed by atoms with Crippen LogP contribution in [0.15, 0.2) is 36.0 Å². The first-order valence-corrected chi connectivity index (χ1v) is 12.5. The highest BCUT2D eigenvalue weighted by Crippen LogP contribution is 2.49. The van der Waals surface area contributed by atoms with Gasteiger partial charge < -0.3 is 15.4 Å². The molecule has 31 heavy (non-hydrogen) atoms. The summed E-state index contributed by atoms with van der Waals surface area (Å²) in [5.41, 5.74) is 9.04. The number of nitrogens with zero attached hydrogens (tertiary/aromatic N) is 3. The second-order valence-electron chi connectivity index (χ2n) is 9.78. The zero-order valence-corrected chi connectivity index (χ0v) is 18.9. The normalized spacial score (nSPS) is 26.8. The smallest absolute Gasteiger partial charge is 0.141 e. The molecule has 2 unspecified atom stereocenters. The van der Waals surface area contributed by atoms with Gasteiger partial charge in [0.15, 0.2) is 0 Å². The van der Waals surface area contributed by atoms with Crippen molar-refractivity contribution in [1.82, 2.24) is 9.97 Å². The number of rotatable bonds is 5. The van der Waals surface area contributed by atoms with Crippen molar-refractivity contribution in [2.75, 3.05) is 12.0 Å². The SMILES string of the molecule is COc1ccccc1-c1csc2ncnc(N3C4CCC3CC(CC3(N)CCC3)C4)c12. The molecule has 1 saturated carbocycles. The fourth-order valence-electron chi connectivity index (χ4n) is 6.33. The first-order valence-electron chi connectivity index (χ1n) is 11.6. The summed E-state index contributed by atoms with van der Waals surface area (Å²) in [4.78, 5) is 13.2. The molecule has 3 fully saturated rings. The maximum absolute atomic E-state index is 6.62. The predicted molar refractivity (Wildman–Crippen MR) is 127 cm³/mol. The van der Waals surface area contributed by atoms with Gasteiger partial charge in [0, 0.05) is 34.1 Å². The monoisotopic (exact) mass is 434 g/mol. The van der Waals surface area contributed by atoms with Crippen LogP contribution in [0.4, 0.5) is 5.82 Å². The standard InChI is InChI=1S/C25H30N4OS/c1-30-21-6-3-2-5-19(21)20-14-31-24-22(20)23(27-15-28-24)29-17-7-8-18(29)12-16(11-17)13-25(26)9-4-10-25/h2-3,5-6,14-18H,4,7-13,26H2,1H3. The van der Waals surface area contributed by atoms with Gasteiger partial charge in [0.2, 0.25) is 0 Å². The first kappa shape index (κ1) is 19.5. The van der Waals surface area contributed by atoms with E-state index in [2.05, 4.69) is 27.4 Å². The van der Waals surface area contributed by atoms with Crippen molar-refractivity contribution in [2.45, 2.75) is 69.0 Å². The molecule has 4 heterocycles. The van der Waals surface area contributed by atoms with Gasteiger partial charge in [0.1, 0.15) is 22.7 Å². The van der Waals surface area contributed by atoms with Crippen LogP contribution in [0, 0.1) is 5.92 Å². The van der Waals surface area contributed by atoms with E-state index in [9.17, 15) is 0 Å². The molecule has 2 N–H and O–H groups in total. The van der Waals surface area contributed by atoms with Crippen molar-refractivity contribution in [1.29, 1.82) is 0 Å². The number of methoxy groups -OCH3 is 1. The summed E-state index contributed by atoms with van der Waals surface area (Å²) in [6.45, 7) is 0. The number of benzene rings is 1. The Morgan fingerprint density at radius 3 is 2.61 bits per heavy atom. The molecule has 162 valence electrons. The topological polar surface area (TPSA) is 64.3 Å². The van der Waals surface area contributed by atoms with E-state index in [-0.39, 0.29) is 5.54 Å². The van der Waals surface area contributed by atoms with Crippen LogP contribution in [-0.4, -0.2) is 34.7 Å². The van der Waals surface area contributed by atoms with Crippen LogP contribution in [0.2, 0.25) is 0 Å². The van der Waals surface area contributed by atoms with Crippen molar-refractivity contribution >= 4 is 27.4 Å². The predicted octanol–water partition coefficient (Wildman–Crippen LogP) is 5.39. The number of fused-ring (bicyclic) bond motifs is 3. The molecule has 5 nitrogen and oxygen atoms in total. The molecule has 6 rings (SSSR count). The summed E-state index contributed by atoms with van der Waals surface area (Å²) in [5, 5.41) is 3.39. The number of nitrogens with two attached hydrogens (primary N) is 1. The fourth-order valence-corrected chi connectivity index (χ4v) is 7.23. The van der Waals surface area contributed by atoms with Gasteiger partial charge in [-0.3, -0.25) is 0 Å². The summed E-state index contributed by atoms with van der Waals surface area (Å²) in [5.74, 6) is 2.77. The van der Waals surface area contributed by atoms with Crippen molar-refractivity contribution in [2.24, 2.45) is 11.7 Å². The van der Waals surface area contributed by atoms with E-state index in [0.717, 1.165) is 27.9 Å². The van der Waals surface area contributed by atoms with Crippen molar-refractivity contribution in [3.8, 4) is 16.9 Å². The van der Waals surface area contributed by atoms with Crippen LogP contribution in [0.25, 0.3) is 21.3 Å². The van der Waals surface area contributed by atoms with Crippen LogP contribution in [0.5, 0.6) is 5.75 Å². The third-order valence-corrected chi connectivity index (χ3v) is 8.75. The van der Waals surface area contributed by atoms with Crippen molar-refractivity contribution in [3.05, 3.63) is 36.0 Å². The molecule has 1 aliphatic carbocycles. The number of anilines is 1. The summed E-state index contributed by atoms with van der Waals surface area (Å²) < 4.78 is 5.67. The quantitative estimate of drug-likeness (QED) is 0.584. The van der Waals surface area contributed by atoms with E-state index in [1.807, 2.05) is 12.1 Å². The van der Waals surface area contributed by atoms with E-state index in [0.29, 0.717) is 12.1 Å². The maximum atomic E-state index is 6.62. The largest absolute Gasteiger partial charge is 0.496 e. The van der Waals surface area contributed by atoms with E-state index in [4.69, 9.17) is 15.5 Å². The molecule has 0 amide bonds. The van der Waals surface area contributed by atoms with Gasteiger partial charge in [-0.15, -0.1) is 11.3 Å². The van der Waals surface area contributed by atoms with Gasteiger partial charge in [0.05, 0.1) is 12.5 Å². The Morgan fingerprint density at radius 1 is 1.13 bits per heavy atom. The molecule has 2 saturated heterocycles. The van der Waals surface area contributed by atoms with E-state index >= 15 is 0 Å². The lowest BCUT2D eigenvalue weighted by molar-refractivity contribution is 0.170. The van der Waals surface area contributed by atoms with E-state index in [1.165, 1.54) is 62.3 Å². The van der Waals surface area contributed by atoms with Crippen LogP contribution in [-0.2, 0) is 0 Å². The Labute approximate surface area is 187 Å². The Kier molecular flexibility index (Phi) is 4.69. The summed E-state index contributed by atoms with van der Waals surface area (Å²) in [6, 6.07) is 9.39. The van der Waals surface area contributed by atoms with Crippen molar-refractivity contribution < 1.29 is 4.74 Å². The second kappa shape index (κ2) is 7.45. The fraction of sp³-hybridized carbons (Fsp3) is 0.520. The van der Waals surface area contributed by atoms with Gasteiger partial charge in [0.25, 0.3) is 0 Å². The number of ether oxygens (including phenoxy) is 1. The van der Waals surface area contributed by atoms with Crippen LogP contribution >= 0.6 is 11.3 Å². The lowest BCUT2D eigenvalue weighted by Gasteiger charge is -2.45. The molecule has 2 aliphatic heterocycles. The van der Waals surface area contributed by atoms with Crippen molar-refractivity contribution in [3.63, 3.8) is 0 Å². The highest BCUT2D eigenvalue weighted by Gasteiger charge is 2.45. The molecule has 2 bridgehead atoms. The van der Waals surface area contributed by atoms with Gasteiger partial charge in [-0.1, -0.05) is 18.2 Å². The zero-order chi connectivity index (χ0) is 21.0. The van der Waals surface area contributed by atoms with E-state index < -0.39 is 0 Å². The minimum absolute atomic E-state index is 0.124. The Bertz CT molecular complexity index is 1090. The first-order chi connectivity index (χ1) is 15.1. The molecule has 2 atom stereocenters. The van der Waals surface area contributed by atoms with Gasteiger partial charge in [-0.2, -0.15) is 0 Å².